The zero-order chi connectivity index (χ0) is 9.68. The second-order valence-electron chi connectivity index (χ2n) is 3.49. The maximum atomic E-state index is 9.31. The summed E-state index contributed by atoms with van der Waals surface area (Å²) in [6.07, 6.45) is 6.45. The Labute approximate surface area is 79.4 Å². The minimum absolute atomic E-state index is 0.142. The summed E-state index contributed by atoms with van der Waals surface area (Å²) in [6.45, 7) is 4.94. The highest BCUT2D eigenvalue weighted by Crippen LogP contribution is 2.03. The van der Waals surface area contributed by atoms with E-state index in [1.807, 2.05) is 30.9 Å². The van der Waals surface area contributed by atoms with Crippen molar-refractivity contribution in [2.45, 2.75) is 45.8 Å². The van der Waals surface area contributed by atoms with Gasteiger partial charge in [0, 0.05) is 12.7 Å². The standard InChI is InChI=1S/C10H18N2O/c1-3-10(13)5-4-6-12-8-9(2)7-11-12/h7-8,10,13H,3-6H2,1-2H3. The van der Waals surface area contributed by atoms with Gasteiger partial charge in [-0.1, -0.05) is 6.92 Å². The fourth-order valence-corrected chi connectivity index (χ4v) is 1.28. The van der Waals surface area contributed by atoms with Gasteiger partial charge in [-0.2, -0.15) is 5.10 Å². The van der Waals surface area contributed by atoms with Crippen LogP contribution in [0.25, 0.3) is 0 Å². The summed E-state index contributed by atoms with van der Waals surface area (Å²) in [5.41, 5.74) is 1.19. The fraction of sp³-hybridized carbons (Fsp3) is 0.700. The summed E-state index contributed by atoms with van der Waals surface area (Å²) in [4.78, 5) is 0. The summed E-state index contributed by atoms with van der Waals surface area (Å²) in [7, 11) is 0. The third-order valence-corrected chi connectivity index (χ3v) is 2.16. The van der Waals surface area contributed by atoms with Crippen LogP contribution in [0.15, 0.2) is 12.4 Å². The molecule has 0 saturated carbocycles. The van der Waals surface area contributed by atoms with Gasteiger partial charge in [-0.15, -0.1) is 0 Å². The molecule has 0 spiro atoms. The van der Waals surface area contributed by atoms with E-state index in [4.69, 9.17) is 0 Å². The van der Waals surface area contributed by atoms with Gasteiger partial charge in [0.15, 0.2) is 0 Å². The van der Waals surface area contributed by atoms with Gasteiger partial charge >= 0.3 is 0 Å². The van der Waals surface area contributed by atoms with Gasteiger partial charge in [0.05, 0.1) is 12.3 Å². The number of aliphatic hydroxyl groups excluding tert-OH is 1. The first-order valence-corrected chi connectivity index (χ1v) is 4.89. The van der Waals surface area contributed by atoms with Crippen molar-refractivity contribution in [3.63, 3.8) is 0 Å². The first-order valence-electron chi connectivity index (χ1n) is 4.89. The van der Waals surface area contributed by atoms with Crippen LogP contribution in [0.4, 0.5) is 0 Å². The van der Waals surface area contributed by atoms with E-state index in [0.29, 0.717) is 0 Å². The van der Waals surface area contributed by atoms with E-state index in [0.717, 1.165) is 25.8 Å². The fourth-order valence-electron chi connectivity index (χ4n) is 1.28. The highest BCUT2D eigenvalue weighted by Gasteiger charge is 2.00. The van der Waals surface area contributed by atoms with Crippen LogP contribution in [0.2, 0.25) is 0 Å². The average molecular weight is 182 g/mol. The normalized spacial score (nSPS) is 13.2. The van der Waals surface area contributed by atoms with Gasteiger partial charge in [-0.3, -0.25) is 4.68 Å². The summed E-state index contributed by atoms with van der Waals surface area (Å²) in [5, 5.41) is 13.5. The molecule has 1 aromatic rings. The van der Waals surface area contributed by atoms with E-state index in [2.05, 4.69) is 5.10 Å². The van der Waals surface area contributed by atoms with Gasteiger partial charge in [0.1, 0.15) is 0 Å². The highest BCUT2D eigenvalue weighted by atomic mass is 16.3. The van der Waals surface area contributed by atoms with Crippen molar-refractivity contribution in [3.05, 3.63) is 18.0 Å². The quantitative estimate of drug-likeness (QED) is 0.753. The molecule has 1 atom stereocenters. The Bertz CT molecular complexity index is 245. The molecule has 0 fully saturated rings. The summed E-state index contributed by atoms with van der Waals surface area (Å²) in [6, 6.07) is 0. The summed E-state index contributed by atoms with van der Waals surface area (Å²) < 4.78 is 1.93. The minimum atomic E-state index is -0.142. The molecule has 0 radical (unpaired) electrons. The molecule has 13 heavy (non-hydrogen) atoms. The number of hydrogen-bond acceptors (Lipinski definition) is 2. The molecular formula is C10H18N2O. The van der Waals surface area contributed by atoms with Crippen LogP contribution in [-0.2, 0) is 6.54 Å². The Morgan fingerprint density at radius 3 is 2.92 bits per heavy atom. The van der Waals surface area contributed by atoms with E-state index in [1.54, 1.807) is 0 Å². The van der Waals surface area contributed by atoms with Crippen molar-refractivity contribution in [1.29, 1.82) is 0 Å². The first-order chi connectivity index (χ1) is 6.22. The Hall–Kier alpha value is -0.830. The van der Waals surface area contributed by atoms with Crippen LogP contribution in [-0.4, -0.2) is 21.0 Å². The largest absolute Gasteiger partial charge is 0.393 e. The molecule has 1 rings (SSSR count). The number of aliphatic hydroxyl groups is 1. The second kappa shape index (κ2) is 5.02. The predicted molar refractivity (Wildman–Crippen MR) is 52.5 cm³/mol. The van der Waals surface area contributed by atoms with Gasteiger partial charge in [-0.05, 0) is 31.7 Å². The van der Waals surface area contributed by atoms with Crippen LogP contribution in [0.3, 0.4) is 0 Å². The number of rotatable bonds is 5. The zero-order valence-corrected chi connectivity index (χ0v) is 8.40. The number of hydrogen-bond donors (Lipinski definition) is 1. The van der Waals surface area contributed by atoms with Gasteiger partial charge in [-0.25, -0.2) is 0 Å². The van der Waals surface area contributed by atoms with Crippen molar-refractivity contribution >= 4 is 0 Å². The molecule has 0 aromatic carbocycles. The van der Waals surface area contributed by atoms with Gasteiger partial charge in [0.2, 0.25) is 0 Å². The number of aromatic nitrogens is 2. The third-order valence-electron chi connectivity index (χ3n) is 2.16. The topological polar surface area (TPSA) is 38.0 Å². The molecular weight excluding hydrogens is 164 g/mol. The van der Waals surface area contributed by atoms with Crippen molar-refractivity contribution in [2.24, 2.45) is 0 Å². The molecule has 3 heteroatoms. The van der Waals surface area contributed by atoms with Gasteiger partial charge in [0.25, 0.3) is 0 Å². The van der Waals surface area contributed by atoms with E-state index < -0.39 is 0 Å². The SMILES string of the molecule is CCC(O)CCCn1cc(C)cn1. The second-order valence-corrected chi connectivity index (χ2v) is 3.49. The Morgan fingerprint density at radius 2 is 2.38 bits per heavy atom. The van der Waals surface area contributed by atoms with Crippen molar-refractivity contribution in [3.8, 4) is 0 Å². The van der Waals surface area contributed by atoms with Crippen LogP contribution < -0.4 is 0 Å². The lowest BCUT2D eigenvalue weighted by molar-refractivity contribution is 0.155. The molecule has 1 aromatic heterocycles. The highest BCUT2D eigenvalue weighted by molar-refractivity contribution is 4.99. The number of nitrogens with zero attached hydrogens (tertiary/aromatic N) is 2. The van der Waals surface area contributed by atoms with Crippen molar-refractivity contribution in [1.82, 2.24) is 9.78 Å². The van der Waals surface area contributed by atoms with Crippen LogP contribution in [0.5, 0.6) is 0 Å². The maximum absolute atomic E-state index is 9.31. The van der Waals surface area contributed by atoms with Crippen LogP contribution in [0, 0.1) is 6.92 Å². The Balaban J connectivity index is 2.20. The Morgan fingerprint density at radius 1 is 1.62 bits per heavy atom. The van der Waals surface area contributed by atoms with E-state index in [-0.39, 0.29) is 6.10 Å². The number of aryl methyl sites for hydroxylation is 2. The molecule has 1 unspecified atom stereocenters. The molecule has 0 saturated heterocycles. The van der Waals surface area contributed by atoms with Crippen molar-refractivity contribution in [2.75, 3.05) is 0 Å². The lowest BCUT2D eigenvalue weighted by Gasteiger charge is -2.06. The smallest absolute Gasteiger partial charge is 0.0538 e. The van der Waals surface area contributed by atoms with Crippen molar-refractivity contribution < 1.29 is 5.11 Å². The van der Waals surface area contributed by atoms with Crippen LogP contribution in [0.1, 0.15) is 31.7 Å². The lowest BCUT2D eigenvalue weighted by Crippen LogP contribution is -2.07. The minimum Gasteiger partial charge on any atom is -0.393 e. The van der Waals surface area contributed by atoms with Crippen LogP contribution >= 0.6 is 0 Å². The molecule has 1 N–H and O–H groups in total. The Kier molecular flexibility index (Phi) is 3.96. The molecule has 0 amide bonds. The van der Waals surface area contributed by atoms with E-state index in [1.165, 1.54) is 5.56 Å². The monoisotopic (exact) mass is 182 g/mol. The first kappa shape index (κ1) is 10.3. The molecule has 0 bridgehead atoms. The van der Waals surface area contributed by atoms with E-state index >= 15 is 0 Å². The molecule has 74 valence electrons. The molecule has 0 aliphatic rings. The molecule has 0 aliphatic carbocycles. The summed E-state index contributed by atoms with van der Waals surface area (Å²) >= 11 is 0. The lowest BCUT2D eigenvalue weighted by atomic mass is 10.1. The molecule has 0 aliphatic heterocycles. The predicted octanol–water partition coefficient (Wildman–Crippen LogP) is 1.74. The maximum Gasteiger partial charge on any atom is 0.0538 e. The van der Waals surface area contributed by atoms with Gasteiger partial charge < -0.3 is 5.11 Å². The zero-order valence-electron chi connectivity index (χ0n) is 8.40. The molecule has 1 heterocycles. The molecule has 3 nitrogen and oxygen atoms in total. The average Bonchev–Trinajstić information content (AvgIpc) is 2.51. The third kappa shape index (κ3) is 3.59. The summed E-state index contributed by atoms with van der Waals surface area (Å²) in [5.74, 6) is 0. The van der Waals surface area contributed by atoms with E-state index in [9.17, 15) is 5.11 Å².